The molecule has 21 unspecified atom stereocenters. The van der Waals surface area contributed by atoms with Gasteiger partial charge in [0.1, 0.15) is 30.0 Å². The van der Waals surface area contributed by atoms with Crippen LogP contribution in [0.3, 0.4) is 0 Å². The van der Waals surface area contributed by atoms with Gasteiger partial charge in [-0.15, -0.1) is 0 Å². The molecule has 3 heterocycles. The summed E-state index contributed by atoms with van der Waals surface area (Å²) in [7, 11) is 0. The third-order valence-corrected chi connectivity index (χ3v) is 18.7. The summed E-state index contributed by atoms with van der Waals surface area (Å²) in [5.41, 5.74) is -2.35. The van der Waals surface area contributed by atoms with Crippen molar-refractivity contribution < 1.29 is 73.4 Å². The Balaban J connectivity index is 1.11. The fraction of sp³-hybridized carbons (Fsp3) is 0.896. The summed E-state index contributed by atoms with van der Waals surface area (Å²) in [6.07, 6.45) is -4.10. The number of hydrogen-bond donors (Lipinski definition) is 6. The summed E-state index contributed by atoms with van der Waals surface area (Å²) < 4.78 is 37.9. The van der Waals surface area contributed by atoms with Gasteiger partial charge in [-0.25, -0.2) is 4.79 Å². The first kappa shape index (κ1) is 47.4. The van der Waals surface area contributed by atoms with Gasteiger partial charge in [-0.05, 0) is 124 Å². The molecule has 21 atom stereocenters. The highest BCUT2D eigenvalue weighted by atomic mass is 16.8. The van der Waals surface area contributed by atoms with Crippen LogP contribution in [-0.4, -0.2) is 129 Å². The van der Waals surface area contributed by atoms with Crippen LogP contribution in [0.4, 0.5) is 0 Å². The number of carboxylic acid groups (broad SMARTS) is 2. The van der Waals surface area contributed by atoms with Gasteiger partial charge in [0.15, 0.2) is 25.0 Å². The van der Waals surface area contributed by atoms with E-state index < -0.39 is 102 Å². The van der Waals surface area contributed by atoms with Crippen LogP contribution in [0, 0.1) is 50.2 Å². The lowest BCUT2D eigenvalue weighted by atomic mass is 9.33. The molecule has 6 N–H and O–H groups in total. The van der Waals surface area contributed by atoms with E-state index in [-0.39, 0.29) is 52.9 Å². The van der Waals surface area contributed by atoms with E-state index in [0.29, 0.717) is 51.4 Å². The maximum atomic E-state index is 13.8. The predicted molar refractivity (Wildman–Crippen MR) is 225 cm³/mol. The van der Waals surface area contributed by atoms with Crippen molar-refractivity contribution in [1.29, 1.82) is 0 Å². The number of carbonyl (C=O) groups excluding carboxylic acids is 1. The molecule has 0 spiro atoms. The zero-order valence-electron chi connectivity index (χ0n) is 38.4. The van der Waals surface area contributed by atoms with Crippen LogP contribution >= 0.6 is 0 Å². The first-order chi connectivity index (χ1) is 29.4. The summed E-state index contributed by atoms with van der Waals surface area (Å²) in [5, 5.41) is 65.9. The molecule has 0 aromatic carbocycles. The monoisotopic (exact) mass is 891 g/mol. The molecule has 0 aromatic rings. The Morgan fingerprint density at radius 1 is 0.746 bits per heavy atom. The molecule has 63 heavy (non-hydrogen) atoms. The molecule has 4 saturated carbocycles. The number of carbonyl (C=O) groups is 3. The minimum absolute atomic E-state index is 0.0664. The Morgan fingerprint density at radius 2 is 1.46 bits per heavy atom. The molecule has 8 rings (SSSR count). The summed E-state index contributed by atoms with van der Waals surface area (Å²) >= 11 is 0. The highest BCUT2D eigenvalue weighted by molar-refractivity contribution is 5.77. The first-order valence-corrected chi connectivity index (χ1v) is 23.7. The van der Waals surface area contributed by atoms with Gasteiger partial charge < -0.3 is 63.9 Å². The summed E-state index contributed by atoms with van der Waals surface area (Å²) in [6, 6.07) is 0. The molecule has 7 fully saturated rings. The number of carboxylic acids is 2. The molecule has 3 aliphatic heterocycles. The molecule has 0 aromatic heterocycles. The quantitative estimate of drug-likeness (QED) is 0.100. The zero-order chi connectivity index (χ0) is 45.8. The maximum Gasteiger partial charge on any atom is 0.333 e. The van der Waals surface area contributed by atoms with Crippen LogP contribution in [0.2, 0.25) is 0 Å². The summed E-state index contributed by atoms with van der Waals surface area (Å²) in [5.74, 6) is -2.53. The number of aliphatic carboxylic acids is 2. The van der Waals surface area contributed by atoms with Gasteiger partial charge in [-0.1, -0.05) is 53.2 Å². The fourth-order valence-corrected chi connectivity index (χ4v) is 14.9. The van der Waals surface area contributed by atoms with Gasteiger partial charge in [0.2, 0.25) is 0 Å². The van der Waals surface area contributed by atoms with Gasteiger partial charge in [0, 0.05) is 12.8 Å². The van der Waals surface area contributed by atoms with Crippen molar-refractivity contribution in [3.8, 4) is 0 Å². The number of aldehydes is 1. The Kier molecular flexibility index (Phi) is 12.5. The number of fused-ring (bicyclic) bond motifs is 7. The van der Waals surface area contributed by atoms with Gasteiger partial charge >= 0.3 is 11.9 Å². The van der Waals surface area contributed by atoms with Crippen LogP contribution < -0.4 is 0 Å². The van der Waals surface area contributed by atoms with Gasteiger partial charge in [0.25, 0.3) is 0 Å². The van der Waals surface area contributed by atoms with E-state index in [1.54, 1.807) is 6.92 Å². The van der Waals surface area contributed by atoms with E-state index in [9.17, 15) is 45.0 Å². The Labute approximate surface area is 371 Å². The largest absolute Gasteiger partial charge is 0.481 e. The highest BCUT2D eigenvalue weighted by Gasteiger charge is 2.72. The molecule has 0 radical (unpaired) electrons. The number of rotatable bonds is 9. The second-order valence-corrected chi connectivity index (χ2v) is 22.8. The lowest BCUT2D eigenvalue weighted by molar-refractivity contribution is -0.370. The van der Waals surface area contributed by atoms with Gasteiger partial charge in [-0.2, -0.15) is 0 Å². The Morgan fingerprint density at radius 3 is 2.14 bits per heavy atom. The van der Waals surface area contributed by atoms with Crippen molar-refractivity contribution in [1.82, 2.24) is 0 Å². The fourth-order valence-electron chi connectivity index (χ4n) is 14.9. The molecule has 8 aliphatic rings. The Hall–Kier alpha value is -2.05. The average Bonchev–Trinajstić information content (AvgIpc) is 3.20. The van der Waals surface area contributed by atoms with E-state index in [1.165, 1.54) is 5.57 Å². The molecular formula is C48H74O15. The highest BCUT2D eigenvalue weighted by Crippen LogP contribution is 2.76. The molecule has 356 valence electrons. The summed E-state index contributed by atoms with van der Waals surface area (Å²) in [4.78, 5) is 39.7. The number of aliphatic hydroxyl groups excluding tert-OH is 4. The van der Waals surface area contributed by atoms with E-state index in [4.69, 9.17) is 28.4 Å². The minimum Gasteiger partial charge on any atom is -0.481 e. The van der Waals surface area contributed by atoms with E-state index in [1.807, 2.05) is 13.8 Å². The second kappa shape index (κ2) is 16.6. The van der Waals surface area contributed by atoms with Crippen molar-refractivity contribution in [3.05, 3.63) is 11.6 Å². The number of ether oxygens (including phenoxy) is 6. The molecule has 3 saturated heterocycles. The van der Waals surface area contributed by atoms with Crippen LogP contribution in [0.25, 0.3) is 0 Å². The third kappa shape index (κ3) is 7.58. The van der Waals surface area contributed by atoms with E-state index in [2.05, 4.69) is 40.7 Å². The number of hydrogen-bond acceptors (Lipinski definition) is 13. The molecular weight excluding hydrogens is 817 g/mol. The van der Waals surface area contributed by atoms with Crippen molar-refractivity contribution in [3.63, 3.8) is 0 Å². The van der Waals surface area contributed by atoms with Crippen LogP contribution in [-0.2, 0) is 42.8 Å². The van der Waals surface area contributed by atoms with Crippen molar-refractivity contribution in [2.75, 3.05) is 0 Å². The normalized spacial score (nSPS) is 53.1. The number of aliphatic hydroxyl groups is 4. The van der Waals surface area contributed by atoms with Gasteiger partial charge in [0.05, 0.1) is 42.0 Å². The molecule has 5 aliphatic carbocycles. The standard InChI is InChI=1S/C48H74O15/c1-24-9-11-28(50)39(58-24)60-30-20-31(38(54)55)61-41(37(30)63-40-36(53)29(51)19-25(2)59-40)62-35-14-15-44(5)32(45(35,6)23-49)13-16-46(7)33(44)12-10-26-27-21-43(3,4)17-18-48(27,42(56)57)34(52)22-47(26,46)8/h10,23-25,27-37,39-41,50-53H,9,11-22H2,1-8H3,(H,54,55)(H,56,57). The zero-order valence-corrected chi connectivity index (χ0v) is 38.4. The smallest absolute Gasteiger partial charge is 0.333 e. The average molecular weight is 891 g/mol. The van der Waals surface area contributed by atoms with Crippen LogP contribution in [0.5, 0.6) is 0 Å². The van der Waals surface area contributed by atoms with Crippen LogP contribution in [0.1, 0.15) is 139 Å². The Bertz CT molecular complexity index is 1790. The second-order valence-electron chi connectivity index (χ2n) is 22.8. The molecule has 15 nitrogen and oxygen atoms in total. The predicted octanol–water partition coefficient (Wildman–Crippen LogP) is 5.12. The minimum atomic E-state index is -1.45. The van der Waals surface area contributed by atoms with Crippen LogP contribution in [0.15, 0.2) is 11.6 Å². The van der Waals surface area contributed by atoms with Crippen molar-refractivity contribution >= 4 is 18.2 Å². The third-order valence-electron chi connectivity index (χ3n) is 18.7. The van der Waals surface area contributed by atoms with E-state index in [0.717, 1.165) is 25.5 Å². The lowest BCUT2D eigenvalue weighted by Crippen LogP contribution is -2.68. The SMILES string of the molecule is CC1CCC(O)C(OC2CC(C(=O)O)OC(OC3CCC4(C)C(CCC5(C)C4CC=C4C6CC(C)(C)CCC6(C(=O)O)C(O)CC45C)C3(C)C=O)C2OC2OC(C)CC(O)C2O)O1. The van der Waals surface area contributed by atoms with E-state index >= 15 is 0 Å². The first-order valence-electron chi connectivity index (χ1n) is 23.7. The van der Waals surface area contributed by atoms with Gasteiger partial charge in [-0.3, -0.25) is 4.79 Å². The van der Waals surface area contributed by atoms with Crippen molar-refractivity contribution in [2.45, 2.75) is 219 Å². The number of allylic oxidation sites excluding steroid dienone is 2. The maximum absolute atomic E-state index is 13.8. The topological polar surface area (TPSA) is 228 Å². The lowest BCUT2D eigenvalue weighted by Gasteiger charge is -2.71. The van der Waals surface area contributed by atoms with Crippen molar-refractivity contribution in [2.24, 2.45) is 50.2 Å². The molecule has 0 bridgehead atoms. The summed E-state index contributed by atoms with van der Waals surface area (Å²) in [6.45, 7) is 16.8. The molecule has 0 amide bonds. The molecule has 15 heteroatoms.